The number of nitrogens with zero attached hydrogens (tertiary/aromatic N) is 3. The lowest BCUT2D eigenvalue weighted by Gasteiger charge is -2.34. The molecule has 0 aliphatic carbocycles. The molecule has 94 valence electrons. The predicted octanol–water partition coefficient (Wildman–Crippen LogP) is 1.06. The lowest BCUT2D eigenvalue weighted by atomic mass is 10.2. The Hall–Kier alpha value is -1.36. The van der Waals surface area contributed by atoms with Gasteiger partial charge in [0, 0.05) is 31.7 Å². The van der Waals surface area contributed by atoms with Crippen molar-refractivity contribution in [3.63, 3.8) is 0 Å². The van der Waals surface area contributed by atoms with Gasteiger partial charge in [0.2, 0.25) is 5.88 Å². The van der Waals surface area contributed by atoms with Crippen molar-refractivity contribution in [2.24, 2.45) is 0 Å². The van der Waals surface area contributed by atoms with Crippen molar-refractivity contribution in [1.29, 1.82) is 0 Å². The quantitative estimate of drug-likeness (QED) is 0.850. The van der Waals surface area contributed by atoms with Crippen molar-refractivity contribution >= 4 is 5.82 Å². The Bertz CT molecular complexity index is 369. The molecule has 1 atom stereocenters. The van der Waals surface area contributed by atoms with Crippen molar-refractivity contribution in [3.8, 4) is 5.88 Å². The predicted molar refractivity (Wildman–Crippen MR) is 67.5 cm³/mol. The lowest BCUT2D eigenvalue weighted by molar-refractivity contribution is 0.232. The molecule has 0 saturated carbocycles. The van der Waals surface area contributed by atoms with Crippen LogP contribution in [0, 0.1) is 0 Å². The molecule has 1 N–H and O–H groups in total. The zero-order valence-corrected chi connectivity index (χ0v) is 10.7. The van der Waals surface area contributed by atoms with Crippen LogP contribution < -0.4 is 15.0 Å². The number of piperazine rings is 1. The van der Waals surface area contributed by atoms with Gasteiger partial charge in [0.05, 0.1) is 6.10 Å². The Morgan fingerprint density at radius 1 is 1.47 bits per heavy atom. The van der Waals surface area contributed by atoms with Gasteiger partial charge in [0.15, 0.2) is 0 Å². The number of hydrogen-bond acceptors (Lipinski definition) is 5. The minimum atomic E-state index is 0.137. The van der Waals surface area contributed by atoms with E-state index < -0.39 is 0 Å². The molecule has 17 heavy (non-hydrogen) atoms. The third-order valence-electron chi connectivity index (χ3n) is 2.78. The lowest BCUT2D eigenvalue weighted by Crippen LogP contribution is -2.50. The van der Waals surface area contributed by atoms with Gasteiger partial charge in [0.25, 0.3) is 0 Å². The normalized spacial score (nSPS) is 20.7. The molecule has 5 heteroatoms. The number of anilines is 1. The van der Waals surface area contributed by atoms with Crippen molar-refractivity contribution < 1.29 is 4.74 Å². The Kier molecular flexibility index (Phi) is 3.78. The van der Waals surface area contributed by atoms with Gasteiger partial charge in [-0.05, 0) is 20.8 Å². The molecule has 0 bridgehead atoms. The molecule has 2 rings (SSSR count). The van der Waals surface area contributed by atoms with E-state index in [1.807, 2.05) is 19.9 Å². The largest absolute Gasteiger partial charge is 0.475 e. The number of hydrogen-bond donors (Lipinski definition) is 1. The van der Waals surface area contributed by atoms with E-state index >= 15 is 0 Å². The molecule has 1 fully saturated rings. The first-order chi connectivity index (χ1) is 8.16. The van der Waals surface area contributed by atoms with Crippen LogP contribution in [-0.4, -0.2) is 41.7 Å². The summed E-state index contributed by atoms with van der Waals surface area (Å²) >= 11 is 0. The Labute approximate surface area is 102 Å². The summed E-state index contributed by atoms with van der Waals surface area (Å²) in [6.07, 6.45) is 1.71. The van der Waals surface area contributed by atoms with Crippen LogP contribution in [-0.2, 0) is 0 Å². The molecule has 0 aromatic carbocycles. The van der Waals surface area contributed by atoms with Crippen molar-refractivity contribution in [3.05, 3.63) is 12.4 Å². The first-order valence-electron chi connectivity index (χ1n) is 6.13. The zero-order valence-electron chi connectivity index (χ0n) is 10.7. The van der Waals surface area contributed by atoms with Gasteiger partial charge in [-0.3, -0.25) is 0 Å². The SMILES string of the molecule is CC(C)Oc1cc(N2CCNCC2C)ncn1. The summed E-state index contributed by atoms with van der Waals surface area (Å²) in [6, 6.07) is 2.37. The first-order valence-corrected chi connectivity index (χ1v) is 6.13. The van der Waals surface area contributed by atoms with E-state index in [0.717, 1.165) is 25.5 Å². The van der Waals surface area contributed by atoms with Crippen LogP contribution in [0.3, 0.4) is 0 Å². The fourth-order valence-electron chi connectivity index (χ4n) is 1.97. The summed E-state index contributed by atoms with van der Waals surface area (Å²) in [4.78, 5) is 10.7. The average molecular weight is 236 g/mol. The maximum absolute atomic E-state index is 5.59. The highest BCUT2D eigenvalue weighted by Gasteiger charge is 2.19. The topological polar surface area (TPSA) is 50.3 Å². The van der Waals surface area contributed by atoms with E-state index in [0.29, 0.717) is 11.9 Å². The molecule has 2 heterocycles. The number of ether oxygens (including phenoxy) is 1. The molecule has 1 saturated heterocycles. The molecule has 0 spiro atoms. The molecular formula is C12H20N4O. The van der Waals surface area contributed by atoms with E-state index in [-0.39, 0.29) is 6.10 Å². The van der Waals surface area contributed by atoms with Gasteiger partial charge >= 0.3 is 0 Å². The monoisotopic (exact) mass is 236 g/mol. The smallest absolute Gasteiger partial charge is 0.218 e. The summed E-state index contributed by atoms with van der Waals surface area (Å²) in [5.41, 5.74) is 0. The van der Waals surface area contributed by atoms with Crippen LogP contribution in [0.15, 0.2) is 12.4 Å². The fraction of sp³-hybridized carbons (Fsp3) is 0.667. The third-order valence-corrected chi connectivity index (χ3v) is 2.78. The van der Waals surface area contributed by atoms with E-state index in [1.54, 1.807) is 6.33 Å². The summed E-state index contributed by atoms with van der Waals surface area (Å²) < 4.78 is 5.59. The molecular weight excluding hydrogens is 216 g/mol. The molecule has 1 aromatic rings. The molecule has 0 radical (unpaired) electrons. The highest BCUT2D eigenvalue weighted by Crippen LogP contribution is 2.19. The van der Waals surface area contributed by atoms with Crippen LogP contribution in [0.1, 0.15) is 20.8 Å². The third kappa shape index (κ3) is 3.06. The van der Waals surface area contributed by atoms with E-state index in [2.05, 4.69) is 27.1 Å². The number of aromatic nitrogens is 2. The Morgan fingerprint density at radius 2 is 2.29 bits per heavy atom. The zero-order chi connectivity index (χ0) is 12.3. The summed E-state index contributed by atoms with van der Waals surface area (Å²) in [6.45, 7) is 9.14. The summed E-state index contributed by atoms with van der Waals surface area (Å²) in [7, 11) is 0. The molecule has 0 amide bonds. The highest BCUT2D eigenvalue weighted by atomic mass is 16.5. The van der Waals surface area contributed by atoms with E-state index in [1.165, 1.54) is 0 Å². The Balaban J connectivity index is 2.14. The first kappa shape index (κ1) is 12.1. The molecule has 1 aromatic heterocycles. The second kappa shape index (κ2) is 5.31. The van der Waals surface area contributed by atoms with Crippen molar-refractivity contribution in [1.82, 2.24) is 15.3 Å². The van der Waals surface area contributed by atoms with Gasteiger partial charge in [-0.15, -0.1) is 0 Å². The fourth-order valence-corrected chi connectivity index (χ4v) is 1.97. The van der Waals surface area contributed by atoms with Crippen LogP contribution in [0.5, 0.6) is 5.88 Å². The van der Waals surface area contributed by atoms with Gasteiger partial charge in [-0.1, -0.05) is 0 Å². The molecule has 1 aliphatic heterocycles. The van der Waals surface area contributed by atoms with Crippen LogP contribution in [0.2, 0.25) is 0 Å². The van der Waals surface area contributed by atoms with Gasteiger partial charge in [0.1, 0.15) is 12.1 Å². The van der Waals surface area contributed by atoms with Crippen LogP contribution in [0.25, 0.3) is 0 Å². The van der Waals surface area contributed by atoms with E-state index in [4.69, 9.17) is 4.74 Å². The maximum atomic E-state index is 5.59. The maximum Gasteiger partial charge on any atom is 0.218 e. The minimum Gasteiger partial charge on any atom is -0.475 e. The van der Waals surface area contributed by atoms with Crippen molar-refractivity contribution in [2.75, 3.05) is 24.5 Å². The highest BCUT2D eigenvalue weighted by molar-refractivity contribution is 5.42. The van der Waals surface area contributed by atoms with Gasteiger partial charge < -0.3 is 15.0 Å². The van der Waals surface area contributed by atoms with E-state index in [9.17, 15) is 0 Å². The molecule has 5 nitrogen and oxygen atoms in total. The van der Waals surface area contributed by atoms with Crippen LogP contribution >= 0.6 is 0 Å². The Morgan fingerprint density at radius 3 is 3.00 bits per heavy atom. The minimum absolute atomic E-state index is 0.137. The summed E-state index contributed by atoms with van der Waals surface area (Å²) in [5.74, 6) is 1.60. The van der Waals surface area contributed by atoms with Crippen molar-refractivity contribution in [2.45, 2.75) is 32.9 Å². The standard InChI is InChI=1S/C12H20N4O/c1-9(2)17-12-6-11(14-8-15-12)16-5-4-13-7-10(16)3/h6,8-10,13H,4-5,7H2,1-3H3. The number of nitrogens with one attached hydrogen (secondary N) is 1. The molecule has 1 aliphatic rings. The van der Waals surface area contributed by atoms with Gasteiger partial charge in [-0.25, -0.2) is 9.97 Å². The molecule has 1 unspecified atom stereocenters. The second-order valence-corrected chi connectivity index (χ2v) is 4.63. The van der Waals surface area contributed by atoms with Crippen LogP contribution in [0.4, 0.5) is 5.82 Å². The number of rotatable bonds is 3. The summed E-state index contributed by atoms with van der Waals surface area (Å²) in [5, 5.41) is 3.36. The second-order valence-electron chi connectivity index (χ2n) is 4.63. The van der Waals surface area contributed by atoms with Gasteiger partial charge in [-0.2, -0.15) is 0 Å². The average Bonchev–Trinajstić information content (AvgIpc) is 2.29.